The lowest BCUT2D eigenvalue weighted by Gasteiger charge is -2.32. The van der Waals surface area contributed by atoms with Crippen LogP contribution in [0.1, 0.15) is 26.3 Å². The van der Waals surface area contributed by atoms with Gasteiger partial charge < -0.3 is 19.7 Å². The van der Waals surface area contributed by atoms with Crippen LogP contribution in [0.15, 0.2) is 83.8 Å². The van der Waals surface area contributed by atoms with Gasteiger partial charge in [0.05, 0.1) is 10.6 Å². The first-order valence-electron chi connectivity index (χ1n) is 12.8. The van der Waals surface area contributed by atoms with Crippen molar-refractivity contribution in [3.8, 4) is 11.5 Å². The van der Waals surface area contributed by atoms with Crippen LogP contribution in [0.3, 0.4) is 0 Å². The highest BCUT2D eigenvalue weighted by Gasteiger charge is 2.33. The van der Waals surface area contributed by atoms with E-state index >= 15 is 0 Å². The summed E-state index contributed by atoms with van der Waals surface area (Å²) >= 11 is 0. The van der Waals surface area contributed by atoms with Crippen LogP contribution in [0.25, 0.3) is 0 Å². The highest BCUT2D eigenvalue weighted by Crippen LogP contribution is 2.36. The van der Waals surface area contributed by atoms with E-state index in [2.05, 4.69) is 5.32 Å². The molecule has 4 rings (SSSR count). The Balaban J connectivity index is 1.72. The van der Waals surface area contributed by atoms with E-state index in [9.17, 15) is 18.0 Å². The molecule has 1 heterocycles. The van der Waals surface area contributed by atoms with Gasteiger partial charge in [0.25, 0.3) is 10.0 Å². The fraction of sp³-hybridized carbons (Fsp3) is 0.310. The number of amides is 2. The number of hydrogen-bond donors (Lipinski definition) is 1. The number of fused-ring (bicyclic) bond motifs is 1. The Bertz CT molecular complexity index is 1400. The molecular weight excluding hydrogens is 518 g/mol. The molecule has 206 valence electrons. The predicted molar refractivity (Wildman–Crippen MR) is 148 cm³/mol. The van der Waals surface area contributed by atoms with Crippen LogP contribution >= 0.6 is 0 Å². The number of ether oxygens (including phenoxy) is 2. The van der Waals surface area contributed by atoms with Crippen LogP contribution in [-0.4, -0.2) is 57.0 Å². The number of carbonyl (C=O) groups excluding carboxylic acids is 2. The van der Waals surface area contributed by atoms with Gasteiger partial charge in [-0.3, -0.25) is 13.9 Å². The molecule has 0 aliphatic carbocycles. The minimum absolute atomic E-state index is 0.0351. The van der Waals surface area contributed by atoms with Gasteiger partial charge in [-0.25, -0.2) is 8.42 Å². The Hall–Kier alpha value is -4.05. The molecule has 0 bridgehead atoms. The normalized spacial score (nSPS) is 13.4. The van der Waals surface area contributed by atoms with Crippen LogP contribution in [-0.2, 0) is 26.2 Å². The standard InChI is InChI=1S/C29H33N3O6S/c1-21(2)30-29(34)22(3)31(19-23-10-6-4-7-11-23)28(33)20-32(39(35,36)25-12-8-5-9-13-25)24-14-15-26-27(18-24)38-17-16-37-26/h4-15,18,21-22H,16-17,19-20H2,1-3H3,(H,30,34). The first kappa shape index (κ1) is 28.0. The Morgan fingerprint density at radius 1 is 0.872 bits per heavy atom. The average Bonchev–Trinajstić information content (AvgIpc) is 2.94. The zero-order valence-electron chi connectivity index (χ0n) is 22.2. The Morgan fingerprint density at radius 2 is 1.49 bits per heavy atom. The van der Waals surface area contributed by atoms with Crippen molar-refractivity contribution >= 4 is 27.5 Å². The van der Waals surface area contributed by atoms with Gasteiger partial charge in [-0.05, 0) is 50.6 Å². The lowest BCUT2D eigenvalue weighted by molar-refractivity contribution is -0.139. The highest BCUT2D eigenvalue weighted by molar-refractivity contribution is 7.92. The summed E-state index contributed by atoms with van der Waals surface area (Å²) in [5.74, 6) is 0.0362. The molecule has 0 spiro atoms. The molecule has 2 amide bonds. The maximum absolute atomic E-state index is 13.9. The molecule has 9 nitrogen and oxygen atoms in total. The maximum atomic E-state index is 13.9. The van der Waals surface area contributed by atoms with Crippen LogP contribution in [0, 0.1) is 0 Å². The minimum Gasteiger partial charge on any atom is -0.486 e. The highest BCUT2D eigenvalue weighted by atomic mass is 32.2. The van der Waals surface area contributed by atoms with Crippen molar-refractivity contribution in [2.45, 2.75) is 44.3 Å². The summed E-state index contributed by atoms with van der Waals surface area (Å²) in [4.78, 5) is 28.3. The molecule has 1 aliphatic heterocycles. The molecule has 1 N–H and O–H groups in total. The minimum atomic E-state index is -4.16. The first-order chi connectivity index (χ1) is 18.7. The molecule has 0 fully saturated rings. The van der Waals surface area contributed by atoms with Crippen LogP contribution in [0.2, 0.25) is 0 Å². The zero-order valence-corrected chi connectivity index (χ0v) is 23.1. The number of nitrogens with one attached hydrogen (secondary N) is 1. The average molecular weight is 552 g/mol. The quantitative estimate of drug-likeness (QED) is 0.413. The molecule has 0 radical (unpaired) electrons. The van der Waals surface area contributed by atoms with Gasteiger partial charge >= 0.3 is 0 Å². The second-order valence-electron chi connectivity index (χ2n) is 9.50. The van der Waals surface area contributed by atoms with E-state index in [1.807, 2.05) is 44.2 Å². The second-order valence-corrected chi connectivity index (χ2v) is 11.4. The van der Waals surface area contributed by atoms with Crippen molar-refractivity contribution in [2.24, 2.45) is 0 Å². The summed E-state index contributed by atoms with van der Waals surface area (Å²) < 4.78 is 40.1. The Kier molecular flexibility index (Phi) is 8.75. The smallest absolute Gasteiger partial charge is 0.264 e. The molecule has 0 aromatic heterocycles. The Labute approximate surface area is 229 Å². The SMILES string of the molecule is CC(C)NC(=O)C(C)N(Cc1ccccc1)C(=O)CN(c1ccc2c(c1)OCCO2)S(=O)(=O)c1ccccc1. The molecule has 10 heteroatoms. The van der Waals surface area contributed by atoms with Crippen molar-refractivity contribution in [1.82, 2.24) is 10.2 Å². The summed E-state index contributed by atoms with van der Waals surface area (Å²) in [5, 5.41) is 2.84. The second kappa shape index (κ2) is 12.2. The number of carbonyl (C=O) groups is 2. The number of nitrogens with zero attached hydrogens (tertiary/aromatic N) is 2. The van der Waals surface area contributed by atoms with Crippen molar-refractivity contribution in [1.29, 1.82) is 0 Å². The summed E-state index contributed by atoms with van der Waals surface area (Å²) in [6.45, 7) is 5.64. The van der Waals surface area contributed by atoms with Gasteiger partial charge in [0.15, 0.2) is 11.5 Å². The Morgan fingerprint density at radius 3 is 2.13 bits per heavy atom. The molecule has 1 atom stereocenters. The molecular formula is C29H33N3O6S. The van der Waals surface area contributed by atoms with E-state index in [0.29, 0.717) is 24.7 Å². The fourth-order valence-corrected chi connectivity index (χ4v) is 5.63. The molecule has 1 aliphatic rings. The number of rotatable bonds is 10. The van der Waals surface area contributed by atoms with Gasteiger partial charge in [-0.15, -0.1) is 0 Å². The number of benzene rings is 3. The van der Waals surface area contributed by atoms with Gasteiger partial charge in [0.2, 0.25) is 11.8 Å². The van der Waals surface area contributed by atoms with Gasteiger partial charge in [0.1, 0.15) is 25.8 Å². The van der Waals surface area contributed by atoms with E-state index in [0.717, 1.165) is 9.87 Å². The van der Waals surface area contributed by atoms with E-state index in [1.54, 1.807) is 43.3 Å². The van der Waals surface area contributed by atoms with Gasteiger partial charge in [-0.1, -0.05) is 48.5 Å². The predicted octanol–water partition coefficient (Wildman–Crippen LogP) is 3.60. The van der Waals surface area contributed by atoms with Gasteiger partial charge in [0, 0.05) is 18.7 Å². The fourth-order valence-electron chi connectivity index (χ4n) is 4.20. The van der Waals surface area contributed by atoms with Crippen molar-refractivity contribution in [3.63, 3.8) is 0 Å². The van der Waals surface area contributed by atoms with Gasteiger partial charge in [-0.2, -0.15) is 0 Å². The molecule has 39 heavy (non-hydrogen) atoms. The lowest BCUT2D eigenvalue weighted by Crippen LogP contribution is -2.52. The summed E-state index contributed by atoms with van der Waals surface area (Å²) in [5.41, 5.74) is 1.06. The van der Waals surface area contributed by atoms with Crippen LogP contribution < -0.4 is 19.1 Å². The molecule has 3 aromatic rings. The molecule has 3 aromatic carbocycles. The number of hydrogen-bond acceptors (Lipinski definition) is 6. The first-order valence-corrected chi connectivity index (χ1v) is 14.2. The zero-order chi connectivity index (χ0) is 28.0. The van der Waals surface area contributed by atoms with Crippen LogP contribution in [0.4, 0.5) is 5.69 Å². The molecule has 0 saturated heterocycles. The van der Waals surface area contributed by atoms with Crippen molar-refractivity contribution < 1.29 is 27.5 Å². The summed E-state index contributed by atoms with van der Waals surface area (Å²) in [7, 11) is -4.16. The molecule has 0 saturated carbocycles. The van der Waals surface area contributed by atoms with E-state index in [1.165, 1.54) is 17.0 Å². The summed E-state index contributed by atoms with van der Waals surface area (Å²) in [6.07, 6.45) is 0. The lowest BCUT2D eigenvalue weighted by atomic mass is 10.1. The van der Waals surface area contributed by atoms with Crippen molar-refractivity contribution in [3.05, 3.63) is 84.4 Å². The third-order valence-electron chi connectivity index (χ3n) is 6.22. The third-order valence-corrected chi connectivity index (χ3v) is 8.01. The number of anilines is 1. The van der Waals surface area contributed by atoms with E-state index in [4.69, 9.17) is 9.47 Å². The van der Waals surface area contributed by atoms with E-state index in [-0.39, 0.29) is 29.1 Å². The van der Waals surface area contributed by atoms with Crippen LogP contribution in [0.5, 0.6) is 11.5 Å². The van der Waals surface area contributed by atoms with E-state index < -0.39 is 28.5 Å². The van der Waals surface area contributed by atoms with Crippen molar-refractivity contribution in [2.75, 3.05) is 24.1 Å². The maximum Gasteiger partial charge on any atom is 0.264 e. The largest absolute Gasteiger partial charge is 0.486 e. The molecule has 1 unspecified atom stereocenters. The summed E-state index contributed by atoms with van der Waals surface area (Å²) in [6, 6.07) is 21.0. The monoisotopic (exact) mass is 551 g/mol. The number of sulfonamides is 1. The topological polar surface area (TPSA) is 105 Å². The third kappa shape index (κ3) is 6.69.